The molecule has 1 aliphatic heterocycles. The zero-order chi connectivity index (χ0) is 20.1. The standard InChI is InChI=1S/C21H26FO4P/c1-6-7-18(9-8-16(2)3)21(26-17(4)5,27(23)24-14-15-25-27)19-10-12-20(22)13-11-19/h6-13,17H,1-2,14-15H2,3-5H3/b9-8-,18-7+. The van der Waals surface area contributed by atoms with E-state index in [1.54, 1.807) is 24.3 Å². The Bertz CT molecular complexity index is 785. The van der Waals surface area contributed by atoms with Crippen LogP contribution in [0.4, 0.5) is 4.39 Å². The van der Waals surface area contributed by atoms with Crippen LogP contribution in [0.25, 0.3) is 0 Å². The van der Waals surface area contributed by atoms with Crippen LogP contribution in [-0.2, 0) is 23.7 Å². The van der Waals surface area contributed by atoms with Gasteiger partial charge in [0, 0.05) is 11.1 Å². The van der Waals surface area contributed by atoms with Gasteiger partial charge in [-0.3, -0.25) is 4.57 Å². The Hall–Kier alpha value is -1.78. The minimum atomic E-state index is -3.79. The van der Waals surface area contributed by atoms with Crippen molar-refractivity contribution in [2.45, 2.75) is 32.2 Å². The Morgan fingerprint density at radius 2 is 1.85 bits per heavy atom. The third-order valence-electron chi connectivity index (χ3n) is 3.87. The van der Waals surface area contributed by atoms with Crippen LogP contribution in [0, 0.1) is 5.82 Å². The first-order chi connectivity index (χ1) is 12.7. The summed E-state index contributed by atoms with van der Waals surface area (Å²) in [4.78, 5) is 0. The lowest BCUT2D eigenvalue weighted by Gasteiger charge is -2.39. The number of ether oxygens (including phenoxy) is 1. The van der Waals surface area contributed by atoms with E-state index in [2.05, 4.69) is 13.2 Å². The maximum Gasteiger partial charge on any atom is 0.371 e. The normalized spacial score (nSPS) is 19.4. The Labute approximate surface area is 160 Å². The first-order valence-electron chi connectivity index (χ1n) is 8.75. The second kappa shape index (κ2) is 8.94. The minimum Gasteiger partial charge on any atom is -0.351 e. The molecule has 0 aromatic heterocycles. The second-order valence-electron chi connectivity index (χ2n) is 6.52. The summed E-state index contributed by atoms with van der Waals surface area (Å²) in [5, 5.41) is -1.56. The molecule has 2 rings (SSSR count). The summed E-state index contributed by atoms with van der Waals surface area (Å²) in [7, 11) is -3.79. The molecule has 4 nitrogen and oxygen atoms in total. The highest BCUT2D eigenvalue weighted by atomic mass is 31.2. The second-order valence-corrected chi connectivity index (χ2v) is 8.66. The number of halogens is 1. The van der Waals surface area contributed by atoms with Crippen LogP contribution in [0.5, 0.6) is 0 Å². The van der Waals surface area contributed by atoms with E-state index in [4.69, 9.17) is 13.8 Å². The molecule has 27 heavy (non-hydrogen) atoms. The Kier molecular flexibility index (Phi) is 7.12. The van der Waals surface area contributed by atoms with E-state index in [-0.39, 0.29) is 19.3 Å². The van der Waals surface area contributed by atoms with Gasteiger partial charge in [0.05, 0.1) is 19.3 Å². The quantitative estimate of drug-likeness (QED) is 0.409. The van der Waals surface area contributed by atoms with E-state index >= 15 is 0 Å². The summed E-state index contributed by atoms with van der Waals surface area (Å²) in [5.41, 5.74) is 1.79. The van der Waals surface area contributed by atoms with E-state index in [1.165, 1.54) is 24.3 Å². The van der Waals surface area contributed by atoms with Crippen LogP contribution in [0.2, 0.25) is 0 Å². The Morgan fingerprint density at radius 3 is 2.33 bits per heavy atom. The van der Waals surface area contributed by atoms with Gasteiger partial charge in [0.25, 0.3) is 0 Å². The van der Waals surface area contributed by atoms with Gasteiger partial charge < -0.3 is 13.8 Å². The molecule has 0 aliphatic carbocycles. The van der Waals surface area contributed by atoms with Crippen molar-refractivity contribution in [2.75, 3.05) is 13.2 Å². The molecule has 1 fully saturated rings. The molecule has 1 aromatic rings. The lowest BCUT2D eigenvalue weighted by molar-refractivity contribution is -0.0178. The molecule has 1 unspecified atom stereocenters. The molecular formula is C21H26FO4P. The minimum absolute atomic E-state index is 0.188. The summed E-state index contributed by atoms with van der Waals surface area (Å²) < 4.78 is 44.9. The monoisotopic (exact) mass is 392 g/mol. The van der Waals surface area contributed by atoms with E-state index in [9.17, 15) is 8.96 Å². The number of allylic oxidation sites excluding steroid dienone is 4. The molecule has 1 heterocycles. The zero-order valence-corrected chi connectivity index (χ0v) is 16.9. The molecule has 0 spiro atoms. The highest BCUT2D eigenvalue weighted by Crippen LogP contribution is 2.71. The number of rotatable bonds is 8. The molecule has 1 aliphatic rings. The van der Waals surface area contributed by atoms with Crippen LogP contribution in [0.15, 0.2) is 72.9 Å². The van der Waals surface area contributed by atoms with E-state index in [0.717, 1.165) is 5.57 Å². The van der Waals surface area contributed by atoms with Gasteiger partial charge in [-0.1, -0.05) is 55.2 Å². The Morgan fingerprint density at radius 1 is 1.26 bits per heavy atom. The van der Waals surface area contributed by atoms with Crippen LogP contribution in [0.1, 0.15) is 26.3 Å². The third kappa shape index (κ3) is 4.56. The molecule has 0 bridgehead atoms. The van der Waals surface area contributed by atoms with E-state index in [1.807, 2.05) is 20.8 Å². The fourth-order valence-corrected chi connectivity index (χ4v) is 5.21. The first-order valence-corrected chi connectivity index (χ1v) is 10.3. The molecule has 1 atom stereocenters. The largest absolute Gasteiger partial charge is 0.371 e. The van der Waals surface area contributed by atoms with Crippen molar-refractivity contribution < 1.29 is 22.7 Å². The molecule has 0 N–H and O–H groups in total. The number of hydrogen-bond donors (Lipinski definition) is 0. The lowest BCUT2D eigenvalue weighted by atomic mass is 9.98. The van der Waals surface area contributed by atoms with Crippen LogP contribution >= 0.6 is 7.60 Å². The van der Waals surface area contributed by atoms with Crippen molar-refractivity contribution in [3.8, 4) is 0 Å². The topological polar surface area (TPSA) is 44.8 Å². The summed E-state index contributed by atoms with van der Waals surface area (Å²) in [6, 6.07) is 5.66. The van der Waals surface area contributed by atoms with Crippen molar-refractivity contribution in [3.05, 3.63) is 84.3 Å². The van der Waals surface area contributed by atoms with Gasteiger partial charge in [0.15, 0.2) is 0 Å². The van der Waals surface area contributed by atoms with Crippen molar-refractivity contribution in [1.29, 1.82) is 0 Å². The van der Waals surface area contributed by atoms with Crippen LogP contribution in [0.3, 0.4) is 0 Å². The molecule has 6 heteroatoms. The molecule has 0 radical (unpaired) electrons. The zero-order valence-electron chi connectivity index (χ0n) is 16.0. The summed E-state index contributed by atoms with van der Waals surface area (Å²) in [6.07, 6.45) is 6.47. The molecular weight excluding hydrogens is 366 g/mol. The fraction of sp³-hybridized carbons (Fsp3) is 0.333. The lowest BCUT2D eigenvalue weighted by Crippen LogP contribution is -2.35. The summed E-state index contributed by atoms with van der Waals surface area (Å²) in [5.74, 6) is -0.407. The Balaban J connectivity index is 2.82. The first kappa shape index (κ1) is 21.5. The van der Waals surface area contributed by atoms with Crippen molar-refractivity contribution >= 4 is 7.60 Å². The fourth-order valence-electron chi connectivity index (χ4n) is 2.87. The SMILES string of the molecule is C=C/C=C(\C=C/C(=C)C)C(OC(C)C)(c1ccc(F)cc1)P1(=O)OCCO1. The third-order valence-corrected chi connectivity index (χ3v) is 6.31. The number of benzene rings is 1. The predicted molar refractivity (Wildman–Crippen MR) is 106 cm³/mol. The highest BCUT2D eigenvalue weighted by Gasteiger charge is 2.58. The predicted octanol–water partition coefficient (Wildman–Crippen LogP) is 5.89. The number of hydrogen-bond acceptors (Lipinski definition) is 4. The van der Waals surface area contributed by atoms with Gasteiger partial charge >= 0.3 is 7.60 Å². The van der Waals surface area contributed by atoms with E-state index < -0.39 is 18.8 Å². The average molecular weight is 392 g/mol. The van der Waals surface area contributed by atoms with Gasteiger partial charge in [-0.05, 0) is 32.9 Å². The summed E-state index contributed by atoms with van der Waals surface area (Å²) in [6.45, 7) is 13.5. The van der Waals surface area contributed by atoms with Crippen LogP contribution < -0.4 is 0 Å². The van der Waals surface area contributed by atoms with Gasteiger partial charge in [-0.15, -0.1) is 0 Å². The maximum atomic E-state index is 13.8. The molecule has 146 valence electrons. The van der Waals surface area contributed by atoms with E-state index in [0.29, 0.717) is 11.1 Å². The molecule has 1 saturated heterocycles. The molecule has 0 saturated carbocycles. The smallest absolute Gasteiger partial charge is 0.351 e. The molecule has 1 aromatic carbocycles. The van der Waals surface area contributed by atoms with Crippen molar-refractivity contribution in [3.63, 3.8) is 0 Å². The van der Waals surface area contributed by atoms with Crippen molar-refractivity contribution in [2.24, 2.45) is 0 Å². The van der Waals surface area contributed by atoms with Gasteiger partial charge in [-0.25, -0.2) is 4.39 Å². The highest BCUT2D eigenvalue weighted by molar-refractivity contribution is 7.55. The summed E-state index contributed by atoms with van der Waals surface area (Å²) >= 11 is 0. The van der Waals surface area contributed by atoms with Gasteiger partial charge in [0.2, 0.25) is 5.34 Å². The van der Waals surface area contributed by atoms with Gasteiger partial charge in [0.1, 0.15) is 5.82 Å². The van der Waals surface area contributed by atoms with Gasteiger partial charge in [-0.2, -0.15) is 0 Å². The van der Waals surface area contributed by atoms with Crippen molar-refractivity contribution in [1.82, 2.24) is 0 Å². The molecule has 0 amide bonds. The maximum absolute atomic E-state index is 13.8. The average Bonchev–Trinajstić information content (AvgIpc) is 3.05. The van der Waals surface area contributed by atoms with Crippen LogP contribution in [-0.4, -0.2) is 19.3 Å².